The van der Waals surface area contributed by atoms with Gasteiger partial charge in [-0.2, -0.15) is 0 Å². The fraction of sp³-hybridized carbons (Fsp3) is 0.182. The van der Waals surface area contributed by atoms with Crippen LogP contribution in [-0.2, 0) is 5.41 Å². The average Bonchev–Trinajstić information content (AvgIpc) is 2.63. The first-order chi connectivity index (χ1) is 12.7. The molecule has 0 unspecified atom stereocenters. The number of carbonyl (C=O) groups excluding carboxylic acids is 1. The Hall–Kier alpha value is -3.34. The van der Waals surface area contributed by atoms with E-state index >= 15 is 0 Å². The topological polar surface area (TPSA) is 88.0 Å². The number of rotatable bonds is 3. The Morgan fingerprint density at radius 2 is 1.59 bits per heavy atom. The van der Waals surface area contributed by atoms with Crippen molar-refractivity contribution in [3.8, 4) is 11.1 Å². The number of nitrogens with one attached hydrogen (secondary N) is 2. The minimum absolute atomic E-state index is 0.0135. The smallest absolute Gasteiger partial charge is 0.271 e. The van der Waals surface area contributed by atoms with E-state index in [1.54, 1.807) is 36.5 Å². The number of amides is 1. The molecule has 2 aromatic carbocycles. The van der Waals surface area contributed by atoms with Gasteiger partial charge >= 0.3 is 0 Å². The fourth-order valence-electron chi connectivity index (χ4n) is 2.73. The van der Waals surface area contributed by atoms with E-state index in [2.05, 4.69) is 31.1 Å². The summed E-state index contributed by atoms with van der Waals surface area (Å²) in [5.41, 5.74) is 9.56. The maximum Gasteiger partial charge on any atom is 0.271 e. The molecule has 0 aliphatic heterocycles. The second-order valence-electron chi connectivity index (χ2n) is 7.53. The molecule has 1 amide bonds. The van der Waals surface area contributed by atoms with Crippen molar-refractivity contribution in [3.05, 3.63) is 82.3 Å². The van der Waals surface area contributed by atoms with Crippen molar-refractivity contribution in [2.24, 2.45) is 0 Å². The molecule has 0 bridgehead atoms. The number of carbonyl (C=O) groups is 1. The molecule has 0 aliphatic carbocycles. The van der Waals surface area contributed by atoms with Crippen molar-refractivity contribution >= 4 is 17.3 Å². The number of hydrogen-bond donors (Lipinski definition) is 3. The van der Waals surface area contributed by atoms with Crippen LogP contribution in [0.4, 0.5) is 11.4 Å². The van der Waals surface area contributed by atoms with Gasteiger partial charge in [0.05, 0.1) is 0 Å². The van der Waals surface area contributed by atoms with Gasteiger partial charge in [0.25, 0.3) is 11.5 Å². The number of benzene rings is 2. The number of H-pyrrole nitrogens is 1. The zero-order chi connectivity index (χ0) is 19.6. The quantitative estimate of drug-likeness (QED) is 0.612. The van der Waals surface area contributed by atoms with Crippen molar-refractivity contribution in [1.82, 2.24) is 4.98 Å². The molecule has 0 spiro atoms. The predicted octanol–water partition coefficient (Wildman–Crippen LogP) is 4.17. The molecule has 1 heterocycles. The Bertz CT molecular complexity index is 1010. The van der Waals surface area contributed by atoms with Crippen LogP contribution >= 0.6 is 0 Å². The summed E-state index contributed by atoms with van der Waals surface area (Å²) in [5, 5.41) is 2.70. The van der Waals surface area contributed by atoms with Gasteiger partial charge in [0.2, 0.25) is 0 Å². The average molecular weight is 361 g/mol. The van der Waals surface area contributed by atoms with E-state index in [1.807, 2.05) is 24.3 Å². The van der Waals surface area contributed by atoms with Crippen molar-refractivity contribution in [2.75, 3.05) is 11.1 Å². The summed E-state index contributed by atoms with van der Waals surface area (Å²) in [6, 6.07) is 16.4. The van der Waals surface area contributed by atoms with E-state index in [0.29, 0.717) is 11.3 Å². The largest absolute Gasteiger partial charge is 0.399 e. The highest BCUT2D eigenvalue weighted by Crippen LogP contribution is 2.23. The highest BCUT2D eigenvalue weighted by Gasteiger charge is 2.15. The second-order valence-corrected chi connectivity index (χ2v) is 7.53. The van der Waals surface area contributed by atoms with E-state index in [4.69, 9.17) is 5.73 Å². The number of nitrogens with two attached hydrogens (primary N) is 1. The van der Waals surface area contributed by atoms with Gasteiger partial charge < -0.3 is 16.0 Å². The van der Waals surface area contributed by atoms with Crippen LogP contribution in [0.3, 0.4) is 0 Å². The summed E-state index contributed by atoms with van der Waals surface area (Å²) in [6.45, 7) is 6.35. The third-order valence-corrected chi connectivity index (χ3v) is 4.41. The zero-order valence-electron chi connectivity index (χ0n) is 15.7. The lowest BCUT2D eigenvalue weighted by atomic mass is 9.87. The molecule has 0 saturated carbocycles. The van der Waals surface area contributed by atoms with Crippen LogP contribution in [0.2, 0.25) is 0 Å². The van der Waals surface area contributed by atoms with Crippen LogP contribution in [0.1, 0.15) is 36.7 Å². The molecule has 0 atom stereocenters. The highest BCUT2D eigenvalue weighted by molar-refractivity contribution is 6.04. The molecule has 5 heteroatoms. The number of anilines is 2. The number of nitrogen functional groups attached to an aromatic ring is 1. The van der Waals surface area contributed by atoms with Crippen LogP contribution < -0.4 is 16.6 Å². The molecule has 0 saturated heterocycles. The van der Waals surface area contributed by atoms with Gasteiger partial charge in [-0.25, -0.2) is 0 Å². The van der Waals surface area contributed by atoms with Crippen LogP contribution in [0.5, 0.6) is 0 Å². The van der Waals surface area contributed by atoms with Gasteiger partial charge in [0.1, 0.15) is 5.69 Å². The second kappa shape index (κ2) is 7.11. The van der Waals surface area contributed by atoms with Crippen molar-refractivity contribution in [3.63, 3.8) is 0 Å². The van der Waals surface area contributed by atoms with Crippen molar-refractivity contribution in [1.29, 1.82) is 0 Å². The molecule has 1 aromatic heterocycles. The number of pyridine rings is 1. The molecule has 5 nitrogen and oxygen atoms in total. The van der Waals surface area contributed by atoms with Crippen LogP contribution in [-0.4, -0.2) is 10.9 Å². The maximum atomic E-state index is 12.5. The first kappa shape index (κ1) is 18.5. The molecule has 0 radical (unpaired) electrons. The third-order valence-electron chi connectivity index (χ3n) is 4.41. The minimum atomic E-state index is -0.353. The molecule has 3 rings (SSSR count). The van der Waals surface area contributed by atoms with Gasteiger partial charge in [-0.1, -0.05) is 45.0 Å². The van der Waals surface area contributed by atoms with Gasteiger partial charge in [-0.15, -0.1) is 0 Å². The zero-order valence-corrected chi connectivity index (χ0v) is 15.7. The predicted molar refractivity (Wildman–Crippen MR) is 110 cm³/mol. The van der Waals surface area contributed by atoms with Gasteiger partial charge in [-0.05, 0) is 46.9 Å². The summed E-state index contributed by atoms with van der Waals surface area (Å²) >= 11 is 0. The summed E-state index contributed by atoms with van der Waals surface area (Å²) in [6.07, 6.45) is 1.61. The Morgan fingerprint density at radius 3 is 2.19 bits per heavy atom. The van der Waals surface area contributed by atoms with E-state index in [1.165, 1.54) is 0 Å². The lowest BCUT2D eigenvalue weighted by molar-refractivity contribution is 0.102. The monoisotopic (exact) mass is 361 g/mol. The minimum Gasteiger partial charge on any atom is -0.399 e. The highest BCUT2D eigenvalue weighted by atomic mass is 16.2. The normalized spacial score (nSPS) is 11.2. The molecule has 4 N–H and O–H groups in total. The molecular formula is C22H23N3O2. The SMILES string of the molecule is CC(C)(C)c1ccc(C(=O)Nc2cc(-c3ccc(N)cc3)c[nH]c2=O)cc1. The van der Waals surface area contributed by atoms with Gasteiger partial charge in [-0.3, -0.25) is 9.59 Å². The number of hydrogen-bond acceptors (Lipinski definition) is 3. The standard InChI is InChI=1S/C22H23N3O2/c1-22(2,3)17-8-4-15(5-9-17)20(26)25-19-12-16(13-24-21(19)27)14-6-10-18(23)11-7-14/h4-13H,23H2,1-3H3,(H,24,27)(H,25,26). The molecule has 3 aromatic rings. The number of aromatic nitrogens is 1. The van der Waals surface area contributed by atoms with Crippen LogP contribution in [0.25, 0.3) is 11.1 Å². The summed E-state index contributed by atoms with van der Waals surface area (Å²) in [5.74, 6) is -0.324. The third kappa shape index (κ3) is 4.26. The van der Waals surface area contributed by atoms with Crippen molar-refractivity contribution < 1.29 is 4.79 Å². The summed E-state index contributed by atoms with van der Waals surface area (Å²) < 4.78 is 0. The molecule has 27 heavy (non-hydrogen) atoms. The van der Waals surface area contributed by atoms with Crippen LogP contribution in [0, 0.1) is 0 Å². The lowest BCUT2D eigenvalue weighted by Gasteiger charge is -2.19. The first-order valence-corrected chi connectivity index (χ1v) is 8.74. The van der Waals surface area contributed by atoms with E-state index in [0.717, 1.165) is 16.7 Å². The molecule has 138 valence electrons. The van der Waals surface area contributed by atoms with E-state index < -0.39 is 0 Å². The first-order valence-electron chi connectivity index (χ1n) is 8.74. The molecular weight excluding hydrogens is 338 g/mol. The summed E-state index contributed by atoms with van der Waals surface area (Å²) in [4.78, 5) is 27.3. The van der Waals surface area contributed by atoms with Crippen molar-refractivity contribution in [2.45, 2.75) is 26.2 Å². The Morgan fingerprint density at radius 1 is 0.963 bits per heavy atom. The molecule has 0 fully saturated rings. The Kier molecular flexibility index (Phi) is 4.86. The van der Waals surface area contributed by atoms with Crippen LogP contribution in [0.15, 0.2) is 65.6 Å². The molecule has 0 aliphatic rings. The van der Waals surface area contributed by atoms with Gasteiger partial charge in [0, 0.05) is 23.0 Å². The summed E-state index contributed by atoms with van der Waals surface area (Å²) in [7, 11) is 0. The van der Waals surface area contributed by atoms with Gasteiger partial charge in [0.15, 0.2) is 0 Å². The lowest BCUT2D eigenvalue weighted by Crippen LogP contribution is -2.20. The van der Waals surface area contributed by atoms with E-state index in [-0.39, 0.29) is 22.6 Å². The number of aromatic amines is 1. The maximum absolute atomic E-state index is 12.5. The fourth-order valence-corrected chi connectivity index (χ4v) is 2.73. The Balaban J connectivity index is 1.84. The van der Waals surface area contributed by atoms with E-state index in [9.17, 15) is 9.59 Å². The Labute approximate surface area is 158 Å².